The van der Waals surface area contributed by atoms with Gasteiger partial charge >= 0.3 is 29.8 Å². The summed E-state index contributed by atoms with van der Waals surface area (Å²) < 4.78 is 0. The highest BCUT2D eigenvalue weighted by atomic mass is 16.4. The number of carboxylic acids is 5. The number of nitrogens with two attached hydrogens (primary N) is 2. The molecule has 0 aliphatic carbocycles. The summed E-state index contributed by atoms with van der Waals surface area (Å²) in [5.41, 5.74) is 10.3. The van der Waals surface area contributed by atoms with Gasteiger partial charge in [0.1, 0.15) is 0 Å². The minimum Gasteiger partial charge on any atom is -0.480 e. The lowest BCUT2D eigenvalue weighted by atomic mass is 10.1. The van der Waals surface area contributed by atoms with Crippen LogP contribution in [0.3, 0.4) is 0 Å². The van der Waals surface area contributed by atoms with E-state index in [1.807, 2.05) is 0 Å². The average Bonchev–Trinajstić information content (AvgIpc) is 3.33. The summed E-state index contributed by atoms with van der Waals surface area (Å²) in [4.78, 5) is 78.8. The molecule has 0 saturated heterocycles. The average molecular weight is 1070 g/mol. The Bertz CT molecular complexity index is 1330. The molecule has 75 heavy (non-hydrogen) atoms. The highest BCUT2D eigenvalue weighted by molar-refractivity contribution is 5.74. The van der Waals surface area contributed by atoms with Crippen molar-refractivity contribution < 1.29 is 59.1 Å². The molecule has 0 saturated carbocycles. The molecule has 0 radical (unpaired) electrons. The number of carbonyl (C=O) groups is 7. The SMILES string of the molecule is CCCCCCCC/C=C\CCCCCCCCCCCC(N)=O.CCCCCCCC/C=C\CCCCCCCCCCCC(N)=O.O=C(O)CN(CCN(CC(=O)O)CC(=O)O)CCN(CC(=O)O)CC(=O)O. The highest BCUT2D eigenvalue weighted by Gasteiger charge is 2.19. The maximum Gasteiger partial charge on any atom is 0.317 e. The molecular weight excluding hydrogens is 959 g/mol. The van der Waals surface area contributed by atoms with Crippen LogP contribution in [0.5, 0.6) is 0 Å². The van der Waals surface area contributed by atoms with E-state index in [2.05, 4.69) is 38.2 Å². The number of unbranched alkanes of at least 4 members (excludes halogenated alkanes) is 30. The number of allylic oxidation sites excluding steroid dienone is 4. The summed E-state index contributed by atoms with van der Waals surface area (Å²) in [6.45, 7) is 1.82. The molecule has 9 N–H and O–H groups in total. The predicted molar refractivity (Wildman–Crippen MR) is 302 cm³/mol. The molecule has 0 aromatic heterocycles. The van der Waals surface area contributed by atoms with Gasteiger partial charge in [0, 0.05) is 39.0 Å². The first-order valence-corrected chi connectivity index (χ1v) is 29.2. The van der Waals surface area contributed by atoms with Gasteiger partial charge in [-0.05, 0) is 64.2 Å². The maximum absolute atomic E-state index is 11.0. The summed E-state index contributed by atoms with van der Waals surface area (Å²) in [6.07, 6.45) is 55.6. The van der Waals surface area contributed by atoms with Crippen LogP contribution in [0.2, 0.25) is 0 Å². The summed E-state index contributed by atoms with van der Waals surface area (Å²) in [5.74, 6) is -6.47. The number of hydrogen-bond acceptors (Lipinski definition) is 10. The standard InChI is InChI=1S/2C22H43NO.C14H23N3O10/c2*1-2-3-4-5-6-7-8-9-10-11-12-13-14-15-16-17-18-19-20-21-22(23)24;18-10(19)5-15(1-3-16(6-11(20)21)7-12(22)23)2-4-17(8-13(24)25)9-14(26)27/h2*9-10H,2-8,11-21H2,1H3,(H2,23,24);1-9H2,(H,18,19)(H,20,21)(H,22,23)(H,24,25)(H,26,27)/b2*10-9-;. The van der Waals surface area contributed by atoms with Crippen LogP contribution >= 0.6 is 0 Å². The molecule has 0 atom stereocenters. The minimum absolute atomic E-state index is 0.000836. The molecular formula is C58H109N5O12. The third-order valence-corrected chi connectivity index (χ3v) is 12.6. The van der Waals surface area contributed by atoms with Gasteiger partial charge < -0.3 is 37.0 Å². The van der Waals surface area contributed by atoms with Crippen molar-refractivity contribution in [2.75, 3.05) is 58.9 Å². The Morgan fingerprint density at radius 1 is 0.293 bits per heavy atom. The normalized spacial score (nSPS) is 11.3. The second-order valence-corrected chi connectivity index (χ2v) is 20.1. The molecule has 0 heterocycles. The molecule has 0 unspecified atom stereocenters. The van der Waals surface area contributed by atoms with Crippen LogP contribution in [0.1, 0.15) is 245 Å². The topological polar surface area (TPSA) is 282 Å². The van der Waals surface area contributed by atoms with Crippen LogP contribution in [0.25, 0.3) is 0 Å². The van der Waals surface area contributed by atoms with Gasteiger partial charge in [-0.2, -0.15) is 0 Å². The van der Waals surface area contributed by atoms with Crippen LogP contribution in [0, 0.1) is 0 Å². The van der Waals surface area contributed by atoms with Crippen molar-refractivity contribution in [2.45, 2.75) is 245 Å². The fourth-order valence-electron chi connectivity index (χ4n) is 8.37. The second-order valence-electron chi connectivity index (χ2n) is 20.1. The van der Waals surface area contributed by atoms with Gasteiger partial charge in [-0.1, -0.05) is 192 Å². The van der Waals surface area contributed by atoms with E-state index < -0.39 is 62.6 Å². The van der Waals surface area contributed by atoms with Crippen molar-refractivity contribution in [1.29, 1.82) is 0 Å². The fraction of sp³-hybridized carbons (Fsp3) is 0.810. The minimum atomic E-state index is -1.24. The lowest BCUT2D eigenvalue weighted by molar-refractivity contribution is -0.143. The van der Waals surface area contributed by atoms with Crippen molar-refractivity contribution in [3.8, 4) is 0 Å². The molecule has 0 aromatic rings. The zero-order valence-corrected chi connectivity index (χ0v) is 47.2. The van der Waals surface area contributed by atoms with E-state index in [4.69, 9.17) is 37.0 Å². The third-order valence-electron chi connectivity index (χ3n) is 12.6. The molecule has 2 amide bonds. The molecule has 0 fully saturated rings. The van der Waals surface area contributed by atoms with Crippen LogP contribution in [-0.4, -0.2) is 141 Å². The Kier molecular flexibility index (Phi) is 58.8. The zero-order chi connectivity index (χ0) is 56.4. The smallest absolute Gasteiger partial charge is 0.317 e. The van der Waals surface area contributed by atoms with E-state index in [-0.39, 0.29) is 38.0 Å². The first-order chi connectivity index (χ1) is 36.0. The van der Waals surface area contributed by atoms with E-state index in [0.717, 1.165) is 35.5 Å². The molecule has 17 nitrogen and oxygen atoms in total. The first-order valence-electron chi connectivity index (χ1n) is 29.2. The molecule has 438 valence electrons. The Morgan fingerprint density at radius 3 is 0.693 bits per heavy atom. The number of hydrogen-bond donors (Lipinski definition) is 7. The number of primary amides is 2. The number of carboxylic acid groups (broad SMARTS) is 5. The highest BCUT2D eigenvalue weighted by Crippen LogP contribution is 2.14. The Labute approximate surface area is 453 Å². The summed E-state index contributed by atoms with van der Waals surface area (Å²) in [7, 11) is 0. The molecule has 0 aliphatic rings. The zero-order valence-electron chi connectivity index (χ0n) is 47.2. The fourth-order valence-corrected chi connectivity index (χ4v) is 8.37. The van der Waals surface area contributed by atoms with E-state index >= 15 is 0 Å². The van der Waals surface area contributed by atoms with Crippen LogP contribution in [-0.2, 0) is 33.6 Å². The molecule has 0 aliphatic heterocycles. The predicted octanol–water partition coefficient (Wildman–Crippen LogP) is 11.5. The van der Waals surface area contributed by atoms with Crippen molar-refractivity contribution in [3.05, 3.63) is 24.3 Å². The molecule has 17 heteroatoms. The summed E-state index contributed by atoms with van der Waals surface area (Å²) in [6, 6.07) is 0. The third kappa shape index (κ3) is 69.7. The van der Waals surface area contributed by atoms with Crippen LogP contribution in [0.15, 0.2) is 24.3 Å². The van der Waals surface area contributed by atoms with Crippen LogP contribution < -0.4 is 11.5 Å². The van der Waals surface area contributed by atoms with Gasteiger partial charge in [-0.3, -0.25) is 48.3 Å². The number of amides is 2. The van der Waals surface area contributed by atoms with E-state index in [9.17, 15) is 33.6 Å². The van der Waals surface area contributed by atoms with Crippen LogP contribution in [0.4, 0.5) is 0 Å². The van der Waals surface area contributed by atoms with Crippen molar-refractivity contribution in [1.82, 2.24) is 14.7 Å². The number of carbonyl (C=O) groups excluding carboxylic acids is 2. The summed E-state index contributed by atoms with van der Waals surface area (Å²) >= 11 is 0. The molecule has 0 spiro atoms. The van der Waals surface area contributed by atoms with Gasteiger partial charge in [0.15, 0.2) is 0 Å². The van der Waals surface area contributed by atoms with Gasteiger partial charge in [0.2, 0.25) is 11.8 Å². The van der Waals surface area contributed by atoms with Crippen molar-refractivity contribution >= 4 is 41.7 Å². The maximum atomic E-state index is 11.0. The Morgan fingerprint density at radius 2 is 0.480 bits per heavy atom. The molecule has 0 bridgehead atoms. The van der Waals surface area contributed by atoms with E-state index in [1.165, 1.54) is 198 Å². The van der Waals surface area contributed by atoms with E-state index in [1.54, 1.807) is 0 Å². The second kappa shape index (κ2) is 58.9. The van der Waals surface area contributed by atoms with E-state index in [0.29, 0.717) is 12.8 Å². The van der Waals surface area contributed by atoms with Gasteiger partial charge in [0.05, 0.1) is 32.7 Å². The number of rotatable bonds is 54. The van der Waals surface area contributed by atoms with Crippen molar-refractivity contribution in [3.63, 3.8) is 0 Å². The summed E-state index contributed by atoms with van der Waals surface area (Å²) in [5, 5.41) is 44.1. The van der Waals surface area contributed by atoms with Crippen molar-refractivity contribution in [2.24, 2.45) is 11.5 Å². The lowest BCUT2D eigenvalue weighted by Gasteiger charge is -2.27. The Balaban J connectivity index is -0.00000104. The monoisotopic (exact) mass is 1070 g/mol. The largest absolute Gasteiger partial charge is 0.480 e. The number of nitrogens with zero attached hydrogens (tertiary/aromatic N) is 3. The van der Waals surface area contributed by atoms with Gasteiger partial charge in [-0.15, -0.1) is 0 Å². The van der Waals surface area contributed by atoms with Gasteiger partial charge in [0.25, 0.3) is 0 Å². The van der Waals surface area contributed by atoms with Gasteiger partial charge in [-0.25, -0.2) is 0 Å². The lowest BCUT2D eigenvalue weighted by Crippen LogP contribution is -2.45. The molecule has 0 rings (SSSR count). The quantitative estimate of drug-likeness (QED) is 0.0220. The Hall–Kier alpha value is -4.35. The number of aliphatic carboxylic acids is 5. The first kappa shape index (κ1) is 74.9. The molecule has 0 aromatic carbocycles.